The summed E-state index contributed by atoms with van der Waals surface area (Å²) in [6.07, 6.45) is 1.99. The van der Waals surface area contributed by atoms with Crippen molar-refractivity contribution in [3.8, 4) is 0 Å². The van der Waals surface area contributed by atoms with Gasteiger partial charge in [-0.05, 0) is 24.5 Å². The van der Waals surface area contributed by atoms with Crippen molar-refractivity contribution in [3.63, 3.8) is 0 Å². The van der Waals surface area contributed by atoms with E-state index >= 15 is 0 Å². The third kappa shape index (κ3) is 2.58. The molecular formula is C14H18O5S. The van der Waals surface area contributed by atoms with E-state index in [0.29, 0.717) is 31.6 Å². The highest BCUT2D eigenvalue weighted by molar-refractivity contribution is 7.90. The van der Waals surface area contributed by atoms with Crippen molar-refractivity contribution >= 4 is 15.8 Å². The van der Waals surface area contributed by atoms with Gasteiger partial charge in [0.05, 0.1) is 17.4 Å². The lowest BCUT2D eigenvalue weighted by molar-refractivity contribution is -0.151. The van der Waals surface area contributed by atoms with Gasteiger partial charge in [-0.1, -0.05) is 18.2 Å². The van der Waals surface area contributed by atoms with Crippen LogP contribution in [0.5, 0.6) is 0 Å². The maximum atomic E-state index is 12.3. The fraction of sp³-hybridized carbons (Fsp3) is 0.500. The van der Waals surface area contributed by atoms with E-state index in [0.717, 1.165) is 6.26 Å². The predicted molar refractivity (Wildman–Crippen MR) is 73.3 cm³/mol. The average molecular weight is 298 g/mol. The molecule has 0 bridgehead atoms. The van der Waals surface area contributed by atoms with Gasteiger partial charge in [0.25, 0.3) is 0 Å². The smallest absolute Gasteiger partial charge is 0.316 e. The molecular weight excluding hydrogens is 280 g/mol. The van der Waals surface area contributed by atoms with Gasteiger partial charge in [-0.2, -0.15) is 0 Å². The van der Waals surface area contributed by atoms with Gasteiger partial charge in [0, 0.05) is 19.5 Å². The van der Waals surface area contributed by atoms with Crippen LogP contribution in [0.2, 0.25) is 0 Å². The van der Waals surface area contributed by atoms with Gasteiger partial charge in [0.1, 0.15) is 0 Å². The number of benzene rings is 1. The normalized spacial score (nSPS) is 18.5. The Labute approximate surface area is 118 Å². The molecule has 0 saturated carbocycles. The molecule has 1 aliphatic rings. The van der Waals surface area contributed by atoms with Crippen LogP contribution in [-0.4, -0.2) is 41.0 Å². The number of rotatable bonds is 3. The number of sulfone groups is 1. The first-order valence-electron chi connectivity index (χ1n) is 6.37. The zero-order valence-corrected chi connectivity index (χ0v) is 12.4. The van der Waals surface area contributed by atoms with Crippen LogP contribution in [0.25, 0.3) is 0 Å². The average Bonchev–Trinajstić information content (AvgIpc) is 2.46. The van der Waals surface area contributed by atoms with Crippen molar-refractivity contribution in [1.29, 1.82) is 0 Å². The number of hydrogen-bond acceptors (Lipinski definition) is 5. The van der Waals surface area contributed by atoms with Crippen molar-refractivity contribution in [2.24, 2.45) is 0 Å². The molecule has 20 heavy (non-hydrogen) atoms. The molecule has 110 valence electrons. The molecule has 1 aliphatic heterocycles. The van der Waals surface area contributed by atoms with Gasteiger partial charge >= 0.3 is 5.97 Å². The molecule has 2 rings (SSSR count). The first kappa shape index (κ1) is 15.0. The van der Waals surface area contributed by atoms with E-state index in [1.165, 1.54) is 13.2 Å². The lowest BCUT2D eigenvalue weighted by Crippen LogP contribution is -2.43. The summed E-state index contributed by atoms with van der Waals surface area (Å²) in [5.41, 5.74) is -0.426. The van der Waals surface area contributed by atoms with E-state index in [4.69, 9.17) is 9.47 Å². The second-order valence-electron chi connectivity index (χ2n) is 4.95. The highest BCUT2D eigenvalue weighted by atomic mass is 32.2. The van der Waals surface area contributed by atoms with Crippen molar-refractivity contribution in [2.45, 2.75) is 23.2 Å². The maximum Gasteiger partial charge on any atom is 0.316 e. The molecule has 0 spiro atoms. The minimum Gasteiger partial charge on any atom is -0.468 e. The summed E-state index contributed by atoms with van der Waals surface area (Å²) in [6, 6.07) is 6.62. The van der Waals surface area contributed by atoms with Crippen LogP contribution in [0.1, 0.15) is 18.4 Å². The molecule has 0 aromatic heterocycles. The fourth-order valence-electron chi connectivity index (χ4n) is 2.68. The Morgan fingerprint density at radius 2 is 1.85 bits per heavy atom. The van der Waals surface area contributed by atoms with Crippen LogP contribution >= 0.6 is 0 Å². The lowest BCUT2D eigenvalue weighted by atomic mass is 9.74. The van der Waals surface area contributed by atoms with Gasteiger partial charge in [-0.15, -0.1) is 0 Å². The first-order valence-corrected chi connectivity index (χ1v) is 8.27. The zero-order valence-electron chi connectivity index (χ0n) is 11.6. The van der Waals surface area contributed by atoms with Crippen LogP contribution in [-0.2, 0) is 29.5 Å². The highest BCUT2D eigenvalue weighted by Crippen LogP contribution is 2.39. The fourth-order valence-corrected chi connectivity index (χ4v) is 3.67. The summed E-state index contributed by atoms with van der Waals surface area (Å²) in [6.45, 7) is 0.820. The molecule has 1 saturated heterocycles. The van der Waals surface area contributed by atoms with E-state index in [2.05, 4.69) is 0 Å². The Kier molecular flexibility index (Phi) is 4.15. The number of hydrogen-bond donors (Lipinski definition) is 0. The van der Waals surface area contributed by atoms with Crippen LogP contribution < -0.4 is 0 Å². The minimum absolute atomic E-state index is 0.187. The second-order valence-corrected chi connectivity index (χ2v) is 6.94. The number of ether oxygens (including phenoxy) is 2. The SMILES string of the molecule is COC(=O)C1(c2ccccc2S(C)(=O)=O)CCOCC1. The van der Waals surface area contributed by atoms with Gasteiger partial charge in [0.2, 0.25) is 0 Å². The van der Waals surface area contributed by atoms with Crippen LogP contribution in [0, 0.1) is 0 Å². The van der Waals surface area contributed by atoms with Crippen LogP contribution in [0.15, 0.2) is 29.2 Å². The predicted octanol–water partition coefficient (Wildman–Crippen LogP) is 1.31. The Hall–Kier alpha value is -1.40. The van der Waals surface area contributed by atoms with Crippen molar-refractivity contribution in [1.82, 2.24) is 0 Å². The molecule has 0 amide bonds. The molecule has 1 heterocycles. The highest BCUT2D eigenvalue weighted by Gasteiger charge is 2.45. The Bertz CT molecular complexity index is 600. The monoisotopic (exact) mass is 298 g/mol. The largest absolute Gasteiger partial charge is 0.468 e. The van der Waals surface area contributed by atoms with Crippen molar-refractivity contribution < 1.29 is 22.7 Å². The molecule has 1 aromatic carbocycles. The van der Waals surface area contributed by atoms with Crippen LogP contribution in [0.3, 0.4) is 0 Å². The van der Waals surface area contributed by atoms with Gasteiger partial charge in [-0.3, -0.25) is 4.79 Å². The number of carbonyl (C=O) groups is 1. The van der Waals surface area contributed by atoms with Crippen molar-refractivity contribution in [2.75, 3.05) is 26.6 Å². The number of esters is 1. The molecule has 0 atom stereocenters. The molecule has 0 aliphatic carbocycles. The summed E-state index contributed by atoms with van der Waals surface area (Å²) in [7, 11) is -2.09. The quantitative estimate of drug-likeness (QED) is 0.787. The lowest BCUT2D eigenvalue weighted by Gasteiger charge is -2.35. The van der Waals surface area contributed by atoms with Gasteiger partial charge in [0.15, 0.2) is 9.84 Å². The molecule has 6 heteroatoms. The van der Waals surface area contributed by atoms with Gasteiger partial charge in [-0.25, -0.2) is 8.42 Å². The summed E-state index contributed by atoms with van der Waals surface area (Å²) in [4.78, 5) is 12.5. The van der Waals surface area contributed by atoms with Gasteiger partial charge < -0.3 is 9.47 Å². The van der Waals surface area contributed by atoms with E-state index in [1.807, 2.05) is 0 Å². The molecule has 5 nitrogen and oxygen atoms in total. The zero-order chi connectivity index (χ0) is 14.8. The Morgan fingerprint density at radius 3 is 2.40 bits per heavy atom. The van der Waals surface area contributed by atoms with E-state index < -0.39 is 21.2 Å². The third-order valence-electron chi connectivity index (χ3n) is 3.72. The van der Waals surface area contributed by atoms with E-state index in [1.54, 1.807) is 18.2 Å². The standard InChI is InChI=1S/C14H18O5S/c1-18-13(15)14(7-9-19-10-8-14)11-5-3-4-6-12(11)20(2,16)17/h3-6H,7-10H2,1-2H3. The summed E-state index contributed by atoms with van der Waals surface area (Å²) in [5.74, 6) is -0.406. The Balaban J connectivity index is 2.64. The summed E-state index contributed by atoms with van der Waals surface area (Å²) >= 11 is 0. The van der Waals surface area contributed by atoms with Crippen molar-refractivity contribution in [3.05, 3.63) is 29.8 Å². The second kappa shape index (κ2) is 5.54. The molecule has 1 aromatic rings. The first-order chi connectivity index (χ1) is 9.42. The number of carbonyl (C=O) groups excluding carboxylic acids is 1. The molecule has 0 radical (unpaired) electrons. The molecule has 1 fully saturated rings. The van der Waals surface area contributed by atoms with Crippen LogP contribution in [0.4, 0.5) is 0 Å². The topological polar surface area (TPSA) is 69.7 Å². The molecule has 0 unspecified atom stereocenters. The third-order valence-corrected chi connectivity index (χ3v) is 4.88. The molecule has 0 N–H and O–H groups in total. The maximum absolute atomic E-state index is 12.3. The minimum atomic E-state index is -3.41. The Morgan fingerprint density at radius 1 is 1.25 bits per heavy atom. The van der Waals surface area contributed by atoms with E-state index in [9.17, 15) is 13.2 Å². The summed E-state index contributed by atoms with van der Waals surface area (Å²) < 4.78 is 34.2. The number of methoxy groups -OCH3 is 1. The summed E-state index contributed by atoms with van der Waals surface area (Å²) in [5, 5.41) is 0. The van der Waals surface area contributed by atoms with E-state index in [-0.39, 0.29) is 4.90 Å².